The Morgan fingerprint density at radius 2 is 1.82 bits per heavy atom. The molecular weight excluding hydrogens is 715 g/mol. The topological polar surface area (TPSA) is 109 Å². The lowest BCUT2D eigenvalue weighted by molar-refractivity contribution is -0.139. The number of esters is 1. The molecule has 0 fully saturated rings. The Morgan fingerprint density at radius 3 is 2.48 bits per heavy atom. The number of phenols is 1. The fourth-order valence-corrected chi connectivity index (χ4v) is 6.58. The van der Waals surface area contributed by atoms with Gasteiger partial charge in [0.2, 0.25) is 0 Å². The number of hydrogen-bond acceptors (Lipinski definition) is 9. The molecule has 0 amide bonds. The van der Waals surface area contributed by atoms with Crippen LogP contribution in [0.25, 0.3) is 6.08 Å². The van der Waals surface area contributed by atoms with Crippen LogP contribution in [-0.4, -0.2) is 42.6 Å². The van der Waals surface area contributed by atoms with E-state index in [-0.39, 0.29) is 23.5 Å². The van der Waals surface area contributed by atoms with Crippen LogP contribution in [0.3, 0.4) is 0 Å². The van der Waals surface area contributed by atoms with Crippen LogP contribution in [0.2, 0.25) is 0 Å². The van der Waals surface area contributed by atoms with E-state index in [4.69, 9.17) is 18.9 Å². The van der Waals surface area contributed by atoms with Crippen LogP contribution in [0, 0.1) is 3.57 Å². The van der Waals surface area contributed by atoms with Crippen LogP contribution >= 0.6 is 49.9 Å². The van der Waals surface area contributed by atoms with Crippen molar-refractivity contribution in [3.63, 3.8) is 0 Å². The summed E-state index contributed by atoms with van der Waals surface area (Å²) in [5.41, 5.74) is 1.67. The number of hydrogen-bond donors (Lipinski definition) is 1. The Morgan fingerprint density at radius 1 is 1.12 bits per heavy atom. The summed E-state index contributed by atoms with van der Waals surface area (Å²) >= 11 is 6.85. The molecular formula is C28H28BrIN2O7S. The molecule has 0 unspecified atom stereocenters. The van der Waals surface area contributed by atoms with Gasteiger partial charge in [0.1, 0.15) is 0 Å². The molecule has 1 N–H and O–H groups in total. The van der Waals surface area contributed by atoms with E-state index in [0.29, 0.717) is 64.7 Å². The molecule has 0 bridgehead atoms. The summed E-state index contributed by atoms with van der Waals surface area (Å²) in [6.45, 7) is 8.14. The highest BCUT2D eigenvalue weighted by Gasteiger charge is 2.35. The number of phenolic OH excluding ortho intramolecular Hbond substituents is 1. The first-order valence-corrected chi connectivity index (χ1v) is 15.2. The lowest BCUT2D eigenvalue weighted by Gasteiger charge is -2.26. The molecule has 1 aliphatic rings. The van der Waals surface area contributed by atoms with E-state index < -0.39 is 12.0 Å². The molecule has 1 aliphatic heterocycles. The van der Waals surface area contributed by atoms with Crippen LogP contribution in [0.4, 0.5) is 0 Å². The number of aromatic nitrogens is 1. The Labute approximate surface area is 257 Å². The fourth-order valence-electron chi connectivity index (χ4n) is 4.37. The predicted molar refractivity (Wildman–Crippen MR) is 164 cm³/mol. The zero-order valence-electron chi connectivity index (χ0n) is 22.5. The van der Waals surface area contributed by atoms with Crippen molar-refractivity contribution in [1.29, 1.82) is 0 Å². The van der Waals surface area contributed by atoms with Gasteiger partial charge in [0.15, 0.2) is 27.8 Å². The quantitative estimate of drug-likeness (QED) is 0.251. The lowest BCUT2D eigenvalue weighted by atomic mass is 9.95. The fraction of sp³-hybridized carbons (Fsp3) is 0.321. The molecule has 4 rings (SSSR count). The number of carbonyl (C=O) groups is 1. The highest BCUT2D eigenvalue weighted by atomic mass is 127. The number of nitrogens with zero attached hydrogens (tertiary/aromatic N) is 2. The Bertz CT molecular complexity index is 1680. The summed E-state index contributed by atoms with van der Waals surface area (Å²) in [6, 6.07) is 6.12. The van der Waals surface area contributed by atoms with Crippen molar-refractivity contribution < 1.29 is 28.8 Å². The second-order valence-corrected chi connectivity index (χ2v) is 11.6. The molecule has 0 spiro atoms. The molecule has 2 heterocycles. The van der Waals surface area contributed by atoms with Gasteiger partial charge in [-0.05, 0) is 91.8 Å². The zero-order valence-corrected chi connectivity index (χ0v) is 27.1. The zero-order chi connectivity index (χ0) is 29.1. The highest BCUT2D eigenvalue weighted by Crippen LogP contribution is 2.41. The van der Waals surface area contributed by atoms with Crippen molar-refractivity contribution in [2.24, 2.45) is 4.99 Å². The van der Waals surface area contributed by atoms with Gasteiger partial charge >= 0.3 is 5.97 Å². The molecule has 40 heavy (non-hydrogen) atoms. The normalized spacial score (nSPS) is 15.0. The number of rotatable bonds is 9. The Kier molecular flexibility index (Phi) is 9.62. The molecule has 212 valence electrons. The first-order chi connectivity index (χ1) is 19.1. The van der Waals surface area contributed by atoms with E-state index in [9.17, 15) is 14.7 Å². The van der Waals surface area contributed by atoms with E-state index in [0.717, 1.165) is 0 Å². The molecule has 0 saturated carbocycles. The third kappa shape index (κ3) is 5.79. The number of halogens is 2. The summed E-state index contributed by atoms with van der Waals surface area (Å²) < 4.78 is 25.4. The third-order valence-corrected chi connectivity index (χ3v) is 8.53. The van der Waals surface area contributed by atoms with E-state index in [1.54, 1.807) is 44.2 Å². The maximum absolute atomic E-state index is 14.0. The van der Waals surface area contributed by atoms with Gasteiger partial charge in [-0.1, -0.05) is 27.3 Å². The number of aromatic hydroxyl groups is 1. The smallest absolute Gasteiger partial charge is 0.338 e. The van der Waals surface area contributed by atoms with E-state index in [2.05, 4.69) is 20.9 Å². The second-order valence-electron chi connectivity index (χ2n) is 8.54. The Balaban J connectivity index is 1.99. The minimum absolute atomic E-state index is 0.0464. The summed E-state index contributed by atoms with van der Waals surface area (Å²) in [4.78, 5) is 32.3. The molecule has 1 atom stereocenters. The maximum atomic E-state index is 14.0. The number of methoxy groups -OCH3 is 1. The van der Waals surface area contributed by atoms with Crippen molar-refractivity contribution in [1.82, 2.24) is 4.57 Å². The average Bonchev–Trinajstić information content (AvgIpc) is 3.21. The van der Waals surface area contributed by atoms with Crippen LogP contribution in [-0.2, 0) is 9.53 Å². The average molecular weight is 743 g/mol. The molecule has 0 radical (unpaired) electrons. The number of allylic oxidation sites excluding steroid dienone is 1. The molecule has 0 aliphatic carbocycles. The number of carbonyl (C=O) groups excluding carboxylic acids is 1. The van der Waals surface area contributed by atoms with Crippen LogP contribution in [0.1, 0.15) is 44.9 Å². The van der Waals surface area contributed by atoms with Crippen molar-refractivity contribution in [2.75, 3.05) is 26.9 Å². The summed E-state index contributed by atoms with van der Waals surface area (Å²) in [5.74, 6) is 0.806. The number of thiazole rings is 1. The maximum Gasteiger partial charge on any atom is 0.338 e. The first kappa shape index (κ1) is 30.1. The van der Waals surface area contributed by atoms with Crippen molar-refractivity contribution in [3.05, 3.63) is 74.4 Å². The second kappa shape index (κ2) is 12.8. The third-order valence-electron chi connectivity index (χ3n) is 6.04. The van der Waals surface area contributed by atoms with E-state index in [1.165, 1.54) is 23.0 Å². The predicted octanol–water partition coefficient (Wildman–Crippen LogP) is 4.68. The number of fused-ring (bicyclic) bond motifs is 1. The van der Waals surface area contributed by atoms with Gasteiger partial charge in [0.05, 0.1) is 52.3 Å². The highest BCUT2D eigenvalue weighted by molar-refractivity contribution is 14.1. The summed E-state index contributed by atoms with van der Waals surface area (Å²) in [6.07, 6.45) is 1.72. The minimum Gasteiger partial charge on any atom is -0.504 e. The Hall–Kier alpha value is -2.84. The lowest BCUT2D eigenvalue weighted by Crippen LogP contribution is -2.40. The van der Waals surface area contributed by atoms with Crippen LogP contribution < -0.4 is 29.1 Å². The molecule has 1 aromatic heterocycles. The molecule has 0 saturated heterocycles. The molecule has 2 aromatic carbocycles. The summed E-state index contributed by atoms with van der Waals surface area (Å²) in [7, 11) is 1.53. The standard InChI is InChI=1S/C28H28BrIN2O7S/c1-6-37-20-13-17(29)16(12-19(20)36-5)24-23(27(35)39-8-3)14(4)31-28-32(24)26(34)22(40-28)11-15-9-18(30)25(33)21(10-15)38-7-2/h9-13,24,33H,6-8H2,1-5H3/b22-11+/t24-/m1/s1. The van der Waals surface area contributed by atoms with Crippen molar-refractivity contribution in [2.45, 2.75) is 33.7 Å². The molecule has 9 nitrogen and oxygen atoms in total. The van der Waals surface area contributed by atoms with Crippen molar-refractivity contribution >= 4 is 61.9 Å². The van der Waals surface area contributed by atoms with Gasteiger partial charge in [-0.25, -0.2) is 9.79 Å². The summed E-state index contributed by atoms with van der Waals surface area (Å²) in [5, 5.41) is 10.3. The monoisotopic (exact) mass is 742 g/mol. The van der Waals surface area contributed by atoms with Gasteiger partial charge in [-0.15, -0.1) is 0 Å². The number of ether oxygens (including phenoxy) is 4. The minimum atomic E-state index is -0.838. The SMILES string of the molecule is CCOC(=O)C1=C(C)N=c2s/c(=C/c3cc(I)c(O)c(OCC)c3)c(=O)n2[C@@H]1c1cc(OC)c(OCC)cc1Br. The van der Waals surface area contributed by atoms with Crippen LogP contribution in [0.15, 0.2) is 49.8 Å². The van der Waals surface area contributed by atoms with E-state index in [1.807, 2.05) is 36.4 Å². The van der Waals surface area contributed by atoms with Crippen LogP contribution in [0.5, 0.6) is 23.0 Å². The van der Waals surface area contributed by atoms with Gasteiger partial charge in [-0.2, -0.15) is 0 Å². The van der Waals surface area contributed by atoms with Gasteiger partial charge in [-0.3, -0.25) is 9.36 Å². The molecule has 12 heteroatoms. The van der Waals surface area contributed by atoms with Crippen molar-refractivity contribution in [3.8, 4) is 23.0 Å². The van der Waals surface area contributed by atoms with Gasteiger partial charge < -0.3 is 24.1 Å². The van der Waals surface area contributed by atoms with Gasteiger partial charge in [0.25, 0.3) is 5.56 Å². The van der Waals surface area contributed by atoms with Gasteiger partial charge in [0, 0.05) is 4.47 Å². The number of benzene rings is 2. The molecule has 3 aromatic rings. The van der Waals surface area contributed by atoms with E-state index >= 15 is 0 Å². The largest absolute Gasteiger partial charge is 0.504 e. The first-order valence-electron chi connectivity index (χ1n) is 12.5.